The summed E-state index contributed by atoms with van der Waals surface area (Å²) in [6.07, 6.45) is 1.58. The molecule has 0 saturated carbocycles. The Bertz CT molecular complexity index is 698. The van der Waals surface area contributed by atoms with E-state index in [0.717, 1.165) is 0 Å². The second kappa shape index (κ2) is 6.28. The van der Waals surface area contributed by atoms with Crippen molar-refractivity contribution in [3.63, 3.8) is 0 Å². The molecule has 0 atom stereocenters. The first kappa shape index (κ1) is 15.5. The van der Waals surface area contributed by atoms with Crippen LogP contribution in [-0.2, 0) is 16.6 Å². The van der Waals surface area contributed by atoms with Gasteiger partial charge in [-0.1, -0.05) is 40.9 Å². The van der Waals surface area contributed by atoms with Gasteiger partial charge in [-0.15, -0.1) is 0 Å². The number of pyridine rings is 1. The van der Waals surface area contributed by atoms with Crippen LogP contribution >= 0.6 is 34.8 Å². The molecule has 20 heavy (non-hydrogen) atoms. The highest BCUT2D eigenvalue weighted by molar-refractivity contribution is 7.89. The van der Waals surface area contributed by atoms with Crippen LogP contribution in [0.15, 0.2) is 41.4 Å². The summed E-state index contributed by atoms with van der Waals surface area (Å²) in [7, 11) is -3.85. The van der Waals surface area contributed by atoms with Crippen molar-refractivity contribution in [1.29, 1.82) is 0 Å². The number of sulfonamides is 1. The minimum absolute atomic E-state index is 0.0315. The van der Waals surface area contributed by atoms with Gasteiger partial charge in [-0.25, -0.2) is 13.1 Å². The van der Waals surface area contributed by atoms with Crippen LogP contribution in [0.2, 0.25) is 15.1 Å². The second-order valence-electron chi connectivity index (χ2n) is 3.84. The number of nitrogens with one attached hydrogen (secondary N) is 1. The van der Waals surface area contributed by atoms with Crippen molar-refractivity contribution in [2.45, 2.75) is 11.4 Å². The largest absolute Gasteiger partial charge is 0.260 e. The standard InChI is InChI=1S/C12H9Cl3N2O2S/c13-8-5-10(14)12(11(15)6-8)20(18,19)17-7-9-3-1-2-4-16-9/h1-6,17H,7H2. The summed E-state index contributed by atoms with van der Waals surface area (Å²) in [6, 6.07) is 7.85. The van der Waals surface area contributed by atoms with Crippen LogP contribution in [0.3, 0.4) is 0 Å². The Morgan fingerprint density at radius 1 is 1.10 bits per heavy atom. The number of aromatic nitrogens is 1. The Kier molecular flexibility index (Phi) is 4.88. The Hall–Kier alpha value is -0.850. The fourth-order valence-electron chi connectivity index (χ4n) is 1.53. The van der Waals surface area contributed by atoms with Crippen molar-refractivity contribution in [3.8, 4) is 0 Å². The van der Waals surface area contributed by atoms with Crippen molar-refractivity contribution >= 4 is 44.8 Å². The van der Waals surface area contributed by atoms with E-state index in [1.807, 2.05) is 0 Å². The Morgan fingerprint density at radius 3 is 2.30 bits per heavy atom. The molecule has 0 spiro atoms. The lowest BCUT2D eigenvalue weighted by Gasteiger charge is -2.10. The zero-order chi connectivity index (χ0) is 14.8. The van der Waals surface area contributed by atoms with Crippen LogP contribution in [0, 0.1) is 0 Å². The molecule has 0 radical (unpaired) electrons. The van der Waals surface area contributed by atoms with Crippen LogP contribution in [-0.4, -0.2) is 13.4 Å². The summed E-state index contributed by atoms with van der Waals surface area (Å²) in [5.74, 6) is 0. The van der Waals surface area contributed by atoms with Gasteiger partial charge in [0.05, 0.1) is 22.3 Å². The van der Waals surface area contributed by atoms with E-state index in [4.69, 9.17) is 34.8 Å². The van der Waals surface area contributed by atoms with E-state index in [-0.39, 0.29) is 26.5 Å². The molecule has 1 N–H and O–H groups in total. The second-order valence-corrected chi connectivity index (χ2v) is 6.80. The van der Waals surface area contributed by atoms with E-state index in [2.05, 4.69) is 9.71 Å². The maximum atomic E-state index is 12.2. The van der Waals surface area contributed by atoms with E-state index >= 15 is 0 Å². The summed E-state index contributed by atoms with van der Waals surface area (Å²) in [4.78, 5) is 3.83. The topological polar surface area (TPSA) is 59.1 Å². The van der Waals surface area contributed by atoms with Crippen LogP contribution < -0.4 is 4.72 Å². The lowest BCUT2D eigenvalue weighted by Crippen LogP contribution is -2.24. The molecule has 106 valence electrons. The van der Waals surface area contributed by atoms with E-state index < -0.39 is 10.0 Å². The molecule has 0 bridgehead atoms. The van der Waals surface area contributed by atoms with Crippen LogP contribution in [0.4, 0.5) is 0 Å². The molecule has 0 saturated heterocycles. The predicted octanol–water partition coefficient (Wildman–Crippen LogP) is 3.52. The smallest absolute Gasteiger partial charge is 0.243 e. The molecule has 1 aromatic carbocycles. The third-order valence-corrected chi connectivity index (χ3v) is 4.94. The minimum Gasteiger partial charge on any atom is -0.260 e. The zero-order valence-corrected chi connectivity index (χ0v) is 13.1. The van der Waals surface area contributed by atoms with Crippen LogP contribution in [0.1, 0.15) is 5.69 Å². The Morgan fingerprint density at radius 2 is 1.75 bits per heavy atom. The summed E-state index contributed by atoms with van der Waals surface area (Å²) in [6.45, 7) is 0.0401. The normalized spacial score (nSPS) is 11.6. The number of rotatable bonds is 4. The summed E-state index contributed by atoms with van der Waals surface area (Å²) in [5.41, 5.74) is 0.581. The van der Waals surface area contributed by atoms with Crippen molar-refractivity contribution in [2.75, 3.05) is 0 Å². The van der Waals surface area contributed by atoms with E-state index in [1.54, 1.807) is 24.4 Å². The van der Waals surface area contributed by atoms with E-state index in [9.17, 15) is 8.42 Å². The Labute approximate surface area is 131 Å². The first-order valence-electron chi connectivity index (χ1n) is 5.44. The highest BCUT2D eigenvalue weighted by Crippen LogP contribution is 2.32. The average molecular weight is 352 g/mol. The molecule has 0 aliphatic heterocycles. The van der Waals surface area contributed by atoms with Crippen LogP contribution in [0.5, 0.6) is 0 Å². The first-order chi connectivity index (χ1) is 9.40. The van der Waals surface area contributed by atoms with Gasteiger partial charge in [0.15, 0.2) is 0 Å². The number of hydrogen-bond acceptors (Lipinski definition) is 3. The number of hydrogen-bond donors (Lipinski definition) is 1. The predicted molar refractivity (Wildman–Crippen MR) is 79.7 cm³/mol. The summed E-state index contributed by atoms with van der Waals surface area (Å²) in [5, 5.41) is 0.204. The first-order valence-corrected chi connectivity index (χ1v) is 8.06. The fraction of sp³-hybridized carbons (Fsp3) is 0.0833. The molecule has 2 rings (SSSR count). The molecule has 0 amide bonds. The third-order valence-electron chi connectivity index (χ3n) is 2.40. The van der Waals surface area contributed by atoms with Crippen molar-refractivity contribution in [3.05, 3.63) is 57.3 Å². The monoisotopic (exact) mass is 350 g/mol. The Balaban J connectivity index is 2.28. The molecule has 1 heterocycles. The van der Waals surface area contributed by atoms with Crippen molar-refractivity contribution < 1.29 is 8.42 Å². The SMILES string of the molecule is O=S(=O)(NCc1ccccn1)c1c(Cl)cc(Cl)cc1Cl. The number of halogens is 3. The van der Waals surface area contributed by atoms with Gasteiger partial charge in [-0.2, -0.15) is 0 Å². The number of nitrogens with zero attached hydrogens (tertiary/aromatic N) is 1. The molecule has 8 heteroatoms. The molecule has 2 aromatic rings. The maximum absolute atomic E-state index is 12.2. The average Bonchev–Trinajstić information content (AvgIpc) is 2.36. The molecule has 0 aliphatic carbocycles. The van der Waals surface area contributed by atoms with Gasteiger partial charge in [-0.05, 0) is 24.3 Å². The van der Waals surface area contributed by atoms with Gasteiger partial charge < -0.3 is 0 Å². The molecule has 0 unspecified atom stereocenters. The lowest BCUT2D eigenvalue weighted by molar-refractivity contribution is 0.580. The molecular weight excluding hydrogens is 343 g/mol. The van der Waals surface area contributed by atoms with Gasteiger partial charge >= 0.3 is 0 Å². The molecule has 1 aromatic heterocycles. The fourth-order valence-corrected chi connectivity index (χ4v) is 4.07. The lowest BCUT2D eigenvalue weighted by atomic mass is 10.4. The summed E-state index contributed by atoms with van der Waals surface area (Å²) >= 11 is 17.5. The quantitative estimate of drug-likeness (QED) is 0.917. The highest BCUT2D eigenvalue weighted by atomic mass is 35.5. The molecule has 0 fully saturated rings. The molecular formula is C12H9Cl3N2O2S. The molecule has 4 nitrogen and oxygen atoms in total. The van der Waals surface area contributed by atoms with Gasteiger partial charge in [0.25, 0.3) is 0 Å². The third kappa shape index (κ3) is 3.62. The van der Waals surface area contributed by atoms with E-state index in [0.29, 0.717) is 5.69 Å². The van der Waals surface area contributed by atoms with Gasteiger partial charge in [-0.3, -0.25) is 4.98 Å². The van der Waals surface area contributed by atoms with Gasteiger partial charge in [0, 0.05) is 11.2 Å². The zero-order valence-electron chi connectivity index (χ0n) is 9.98. The maximum Gasteiger partial charge on any atom is 0.243 e. The van der Waals surface area contributed by atoms with E-state index in [1.165, 1.54) is 12.1 Å². The van der Waals surface area contributed by atoms with Gasteiger partial charge in [0.1, 0.15) is 4.90 Å². The van der Waals surface area contributed by atoms with Gasteiger partial charge in [0.2, 0.25) is 10.0 Å². The minimum atomic E-state index is -3.85. The number of benzene rings is 1. The molecule has 0 aliphatic rings. The van der Waals surface area contributed by atoms with Crippen molar-refractivity contribution in [1.82, 2.24) is 9.71 Å². The van der Waals surface area contributed by atoms with Crippen LogP contribution in [0.25, 0.3) is 0 Å². The highest BCUT2D eigenvalue weighted by Gasteiger charge is 2.22. The summed E-state index contributed by atoms with van der Waals surface area (Å²) < 4.78 is 26.8. The van der Waals surface area contributed by atoms with Crippen molar-refractivity contribution in [2.24, 2.45) is 0 Å².